The van der Waals surface area contributed by atoms with E-state index in [1.54, 1.807) is 0 Å². The molecule has 2 N–H and O–H groups in total. The lowest BCUT2D eigenvalue weighted by molar-refractivity contribution is -0.134. The summed E-state index contributed by atoms with van der Waals surface area (Å²) in [6.45, 7) is 4.79. The molecule has 1 saturated heterocycles. The quantitative estimate of drug-likeness (QED) is 0.634. The Morgan fingerprint density at radius 1 is 1.67 bits per heavy atom. The molecule has 1 aliphatic rings. The highest BCUT2D eigenvalue weighted by Crippen LogP contribution is 1.96. The van der Waals surface area contributed by atoms with E-state index in [2.05, 4.69) is 22.5 Å². The van der Waals surface area contributed by atoms with E-state index >= 15 is 0 Å². The number of carbonyl (C=O) groups is 1. The van der Waals surface area contributed by atoms with Crippen molar-refractivity contribution in [3.05, 3.63) is 0 Å². The maximum absolute atomic E-state index is 11.6. The van der Waals surface area contributed by atoms with E-state index in [1.165, 1.54) is 0 Å². The molecule has 5 nitrogen and oxygen atoms in total. The molecule has 1 amide bonds. The first-order valence-electron chi connectivity index (χ1n) is 5.37. The summed E-state index contributed by atoms with van der Waals surface area (Å²) >= 11 is 0. The fraction of sp³-hybridized carbons (Fsp3) is 0.900. The Morgan fingerprint density at radius 2 is 2.40 bits per heavy atom. The molecule has 0 aromatic heterocycles. The summed E-state index contributed by atoms with van der Waals surface area (Å²) in [7, 11) is 3.99. The summed E-state index contributed by atoms with van der Waals surface area (Å²) in [4.78, 5) is 13.7. The number of likely N-dealkylation sites (N-methyl/N-ethyl adjacent to an activating group) is 1. The first-order chi connectivity index (χ1) is 7.11. The average molecular weight is 215 g/mol. The maximum Gasteiger partial charge on any atom is 0.250 e. The molecule has 15 heavy (non-hydrogen) atoms. The van der Waals surface area contributed by atoms with Crippen LogP contribution in [0.2, 0.25) is 0 Å². The van der Waals surface area contributed by atoms with Crippen LogP contribution in [0.3, 0.4) is 0 Å². The van der Waals surface area contributed by atoms with Crippen LogP contribution in [0.5, 0.6) is 0 Å². The third-order valence-electron chi connectivity index (χ3n) is 2.67. The van der Waals surface area contributed by atoms with Gasteiger partial charge in [0.1, 0.15) is 6.10 Å². The van der Waals surface area contributed by atoms with Gasteiger partial charge in [-0.05, 0) is 21.0 Å². The van der Waals surface area contributed by atoms with Gasteiger partial charge in [0, 0.05) is 25.7 Å². The molecule has 1 rings (SSSR count). The van der Waals surface area contributed by atoms with Crippen molar-refractivity contribution in [2.24, 2.45) is 0 Å². The zero-order valence-corrected chi connectivity index (χ0v) is 9.75. The van der Waals surface area contributed by atoms with Crippen molar-refractivity contribution in [2.75, 3.05) is 40.3 Å². The van der Waals surface area contributed by atoms with E-state index in [0.29, 0.717) is 25.7 Å². The standard InChI is InChI=1S/C10H21N3O2/c1-8(13(2)3)6-12-10(14)9-7-11-4-5-15-9/h8-9,11H,4-7H2,1-3H3,(H,12,14). The zero-order valence-electron chi connectivity index (χ0n) is 9.75. The van der Waals surface area contributed by atoms with Crippen LogP contribution in [0.4, 0.5) is 0 Å². The number of morpholine rings is 1. The number of nitrogens with zero attached hydrogens (tertiary/aromatic N) is 1. The summed E-state index contributed by atoms with van der Waals surface area (Å²) in [5.74, 6) is -0.0177. The Bertz CT molecular complexity index is 203. The smallest absolute Gasteiger partial charge is 0.250 e. The molecule has 0 aliphatic carbocycles. The van der Waals surface area contributed by atoms with Crippen molar-refractivity contribution < 1.29 is 9.53 Å². The number of amides is 1. The Morgan fingerprint density at radius 3 is 2.93 bits per heavy atom. The molecular formula is C10H21N3O2. The van der Waals surface area contributed by atoms with Gasteiger partial charge in [0.15, 0.2) is 0 Å². The molecule has 5 heteroatoms. The van der Waals surface area contributed by atoms with Gasteiger partial charge in [-0.15, -0.1) is 0 Å². The van der Waals surface area contributed by atoms with E-state index < -0.39 is 0 Å². The molecule has 0 saturated carbocycles. The zero-order chi connectivity index (χ0) is 11.3. The monoisotopic (exact) mass is 215 g/mol. The minimum atomic E-state index is -0.326. The van der Waals surface area contributed by atoms with Gasteiger partial charge in [-0.2, -0.15) is 0 Å². The molecule has 1 fully saturated rings. The minimum absolute atomic E-state index is 0.0177. The van der Waals surface area contributed by atoms with Gasteiger partial charge in [0.25, 0.3) is 5.91 Å². The molecule has 1 heterocycles. The molecule has 0 aromatic carbocycles. The highest BCUT2D eigenvalue weighted by molar-refractivity contribution is 5.81. The molecule has 0 radical (unpaired) electrons. The second kappa shape index (κ2) is 6.05. The molecular weight excluding hydrogens is 194 g/mol. The minimum Gasteiger partial charge on any atom is -0.366 e. The Balaban J connectivity index is 2.22. The van der Waals surface area contributed by atoms with E-state index in [0.717, 1.165) is 6.54 Å². The normalized spacial score (nSPS) is 23.9. The summed E-state index contributed by atoms with van der Waals surface area (Å²) in [6.07, 6.45) is -0.326. The molecule has 0 aromatic rings. The Labute approximate surface area is 91.2 Å². The number of nitrogens with one attached hydrogen (secondary N) is 2. The van der Waals surface area contributed by atoms with Crippen LogP contribution in [0.1, 0.15) is 6.92 Å². The van der Waals surface area contributed by atoms with Gasteiger partial charge >= 0.3 is 0 Å². The van der Waals surface area contributed by atoms with Crippen molar-refractivity contribution >= 4 is 5.91 Å². The van der Waals surface area contributed by atoms with Gasteiger partial charge < -0.3 is 20.3 Å². The van der Waals surface area contributed by atoms with E-state index in [-0.39, 0.29) is 12.0 Å². The second-order valence-corrected chi connectivity index (χ2v) is 4.12. The van der Waals surface area contributed by atoms with Crippen LogP contribution < -0.4 is 10.6 Å². The average Bonchev–Trinajstić information content (AvgIpc) is 2.26. The number of hydrogen-bond donors (Lipinski definition) is 2. The van der Waals surface area contributed by atoms with Gasteiger partial charge in [-0.3, -0.25) is 4.79 Å². The SMILES string of the molecule is CC(CNC(=O)C1CNCCO1)N(C)C. The van der Waals surface area contributed by atoms with Gasteiger partial charge in [-0.1, -0.05) is 0 Å². The van der Waals surface area contributed by atoms with Crippen molar-refractivity contribution in [1.29, 1.82) is 0 Å². The van der Waals surface area contributed by atoms with Crippen LogP contribution in [0.15, 0.2) is 0 Å². The summed E-state index contributed by atoms with van der Waals surface area (Å²) in [6, 6.07) is 0.338. The number of carbonyl (C=O) groups excluding carboxylic acids is 1. The predicted octanol–water partition coefficient (Wildman–Crippen LogP) is -0.959. The van der Waals surface area contributed by atoms with Crippen molar-refractivity contribution in [2.45, 2.75) is 19.1 Å². The maximum atomic E-state index is 11.6. The van der Waals surface area contributed by atoms with Crippen LogP contribution in [0, 0.1) is 0 Å². The lowest BCUT2D eigenvalue weighted by Crippen LogP contribution is -2.50. The lowest BCUT2D eigenvalue weighted by atomic mass is 10.2. The molecule has 2 unspecified atom stereocenters. The third-order valence-corrected chi connectivity index (χ3v) is 2.67. The number of rotatable bonds is 4. The first-order valence-corrected chi connectivity index (χ1v) is 5.37. The second-order valence-electron chi connectivity index (χ2n) is 4.12. The fourth-order valence-electron chi connectivity index (χ4n) is 1.28. The fourth-order valence-corrected chi connectivity index (χ4v) is 1.28. The largest absolute Gasteiger partial charge is 0.366 e. The van der Waals surface area contributed by atoms with Crippen LogP contribution in [-0.4, -0.2) is 63.3 Å². The first kappa shape index (κ1) is 12.4. The Hall–Kier alpha value is -0.650. The molecule has 2 atom stereocenters. The van der Waals surface area contributed by atoms with Gasteiger partial charge in [0.05, 0.1) is 6.61 Å². The molecule has 0 bridgehead atoms. The number of ether oxygens (including phenoxy) is 1. The van der Waals surface area contributed by atoms with Crippen molar-refractivity contribution in [1.82, 2.24) is 15.5 Å². The van der Waals surface area contributed by atoms with E-state index in [4.69, 9.17) is 4.74 Å². The van der Waals surface area contributed by atoms with Crippen LogP contribution >= 0.6 is 0 Å². The lowest BCUT2D eigenvalue weighted by Gasteiger charge is -2.25. The van der Waals surface area contributed by atoms with Gasteiger partial charge in [-0.25, -0.2) is 0 Å². The highest BCUT2D eigenvalue weighted by atomic mass is 16.5. The predicted molar refractivity (Wildman–Crippen MR) is 58.8 cm³/mol. The summed E-state index contributed by atoms with van der Waals surface area (Å²) < 4.78 is 5.34. The summed E-state index contributed by atoms with van der Waals surface area (Å²) in [5.41, 5.74) is 0. The highest BCUT2D eigenvalue weighted by Gasteiger charge is 2.21. The summed E-state index contributed by atoms with van der Waals surface area (Å²) in [5, 5.41) is 6.02. The Kier molecular flexibility index (Phi) is 5.01. The van der Waals surface area contributed by atoms with Crippen LogP contribution in [-0.2, 0) is 9.53 Å². The van der Waals surface area contributed by atoms with Crippen LogP contribution in [0.25, 0.3) is 0 Å². The van der Waals surface area contributed by atoms with Crippen molar-refractivity contribution in [3.8, 4) is 0 Å². The van der Waals surface area contributed by atoms with E-state index in [1.807, 2.05) is 14.1 Å². The molecule has 88 valence electrons. The third kappa shape index (κ3) is 4.15. The van der Waals surface area contributed by atoms with Crippen molar-refractivity contribution in [3.63, 3.8) is 0 Å². The molecule has 1 aliphatic heterocycles. The molecule has 0 spiro atoms. The topological polar surface area (TPSA) is 53.6 Å². The van der Waals surface area contributed by atoms with Gasteiger partial charge in [0.2, 0.25) is 0 Å². The number of hydrogen-bond acceptors (Lipinski definition) is 4. The van der Waals surface area contributed by atoms with E-state index in [9.17, 15) is 4.79 Å².